The summed E-state index contributed by atoms with van der Waals surface area (Å²) in [5.74, 6) is -0.121. The Morgan fingerprint density at radius 3 is 1.87 bits per heavy atom. The summed E-state index contributed by atoms with van der Waals surface area (Å²) in [5, 5.41) is 0. The molecule has 0 bridgehead atoms. The van der Waals surface area contributed by atoms with Gasteiger partial charge >= 0.3 is 0 Å². The van der Waals surface area contributed by atoms with Gasteiger partial charge in [-0.2, -0.15) is 4.31 Å². The molecule has 3 aromatic carbocycles. The molecule has 1 aliphatic rings. The Bertz CT molecular complexity index is 1500. The number of carbonyl (C=O) groups is 1. The van der Waals surface area contributed by atoms with E-state index in [0.717, 1.165) is 15.4 Å². The molecule has 11 heteroatoms. The van der Waals surface area contributed by atoms with Crippen LogP contribution in [0.25, 0.3) is 0 Å². The lowest BCUT2D eigenvalue weighted by Crippen LogP contribution is -2.53. The molecule has 4 rings (SSSR count). The minimum absolute atomic E-state index is 0.0517. The first kappa shape index (κ1) is 27.6. The summed E-state index contributed by atoms with van der Waals surface area (Å²) in [4.78, 5) is 15.1. The molecular formula is C27H31N3O6S2. The number of anilines is 1. The SMILES string of the molecule is COc1ccccc1N(CC(=O)N1CCN(S(=O)(=O)c2ccc(C)cc2)CC1)S(=O)(=O)c1ccc(C)cc1. The van der Waals surface area contributed by atoms with E-state index in [2.05, 4.69) is 0 Å². The molecule has 1 fully saturated rings. The Balaban J connectivity index is 1.55. The van der Waals surface area contributed by atoms with Crippen molar-refractivity contribution in [2.75, 3.05) is 44.1 Å². The molecule has 38 heavy (non-hydrogen) atoms. The second kappa shape index (κ2) is 11.1. The maximum absolute atomic E-state index is 13.7. The minimum atomic E-state index is -4.11. The second-order valence-corrected chi connectivity index (χ2v) is 12.9. The van der Waals surface area contributed by atoms with E-state index in [1.807, 2.05) is 13.8 Å². The van der Waals surface area contributed by atoms with Crippen LogP contribution in [0, 0.1) is 13.8 Å². The highest BCUT2D eigenvalue weighted by molar-refractivity contribution is 7.93. The fourth-order valence-corrected chi connectivity index (χ4v) is 7.08. The minimum Gasteiger partial charge on any atom is -0.495 e. The van der Waals surface area contributed by atoms with Gasteiger partial charge in [-0.3, -0.25) is 9.10 Å². The third-order valence-electron chi connectivity index (χ3n) is 6.49. The number of sulfonamides is 2. The van der Waals surface area contributed by atoms with E-state index in [1.54, 1.807) is 60.7 Å². The van der Waals surface area contributed by atoms with Crippen LogP contribution < -0.4 is 9.04 Å². The van der Waals surface area contributed by atoms with Crippen LogP contribution in [-0.2, 0) is 24.8 Å². The van der Waals surface area contributed by atoms with Crippen molar-refractivity contribution < 1.29 is 26.4 Å². The van der Waals surface area contributed by atoms with E-state index in [-0.39, 0.29) is 41.7 Å². The lowest BCUT2D eigenvalue weighted by Gasteiger charge is -2.35. The normalized spacial score (nSPS) is 14.8. The van der Waals surface area contributed by atoms with Gasteiger partial charge in [0.15, 0.2) is 0 Å². The van der Waals surface area contributed by atoms with Crippen LogP contribution in [-0.4, -0.2) is 71.8 Å². The number of hydrogen-bond donors (Lipinski definition) is 0. The number of carbonyl (C=O) groups excluding carboxylic acids is 1. The Labute approximate surface area is 224 Å². The van der Waals surface area contributed by atoms with Crippen molar-refractivity contribution in [1.29, 1.82) is 0 Å². The first-order chi connectivity index (χ1) is 18.0. The van der Waals surface area contributed by atoms with Crippen molar-refractivity contribution in [2.24, 2.45) is 0 Å². The monoisotopic (exact) mass is 557 g/mol. The van der Waals surface area contributed by atoms with E-state index < -0.39 is 32.5 Å². The Morgan fingerprint density at radius 2 is 1.32 bits per heavy atom. The third kappa shape index (κ3) is 5.69. The lowest BCUT2D eigenvalue weighted by molar-refractivity contribution is -0.130. The van der Waals surface area contributed by atoms with Gasteiger partial charge in [-0.05, 0) is 50.2 Å². The van der Waals surface area contributed by atoms with Crippen LogP contribution in [0.4, 0.5) is 5.69 Å². The van der Waals surface area contributed by atoms with Crippen LogP contribution in [0.5, 0.6) is 5.75 Å². The van der Waals surface area contributed by atoms with Crippen molar-refractivity contribution in [3.8, 4) is 5.75 Å². The summed E-state index contributed by atoms with van der Waals surface area (Å²) in [7, 11) is -6.37. The fraction of sp³-hybridized carbons (Fsp3) is 0.296. The van der Waals surface area contributed by atoms with Crippen LogP contribution in [0.15, 0.2) is 82.6 Å². The first-order valence-electron chi connectivity index (χ1n) is 12.1. The second-order valence-electron chi connectivity index (χ2n) is 9.09. The van der Waals surface area contributed by atoms with Crippen LogP contribution in [0.2, 0.25) is 0 Å². The third-order valence-corrected chi connectivity index (χ3v) is 10.2. The van der Waals surface area contributed by atoms with Gasteiger partial charge in [-0.25, -0.2) is 16.8 Å². The number of methoxy groups -OCH3 is 1. The standard InChI is InChI=1S/C27H31N3O6S2/c1-21-8-12-23(13-9-21)37(32,33)29-18-16-28(17-19-29)27(31)20-30(25-6-4-5-7-26(25)36-3)38(34,35)24-14-10-22(2)11-15-24/h4-15H,16-20H2,1-3H3. The van der Waals surface area contributed by atoms with Crippen LogP contribution >= 0.6 is 0 Å². The van der Waals surface area contributed by atoms with Crippen molar-refractivity contribution in [2.45, 2.75) is 23.6 Å². The quantitative estimate of drug-likeness (QED) is 0.422. The molecule has 0 radical (unpaired) electrons. The van der Waals surface area contributed by atoms with Crippen molar-refractivity contribution in [3.05, 3.63) is 83.9 Å². The number of piperazine rings is 1. The Kier molecular flexibility index (Phi) is 8.10. The number of para-hydroxylation sites is 2. The molecule has 9 nitrogen and oxygen atoms in total. The maximum atomic E-state index is 13.7. The number of amides is 1. The zero-order valence-electron chi connectivity index (χ0n) is 21.6. The van der Waals surface area contributed by atoms with E-state index in [9.17, 15) is 21.6 Å². The van der Waals surface area contributed by atoms with Gasteiger partial charge < -0.3 is 9.64 Å². The summed E-state index contributed by atoms with van der Waals surface area (Å²) in [5.41, 5.74) is 2.10. The van der Waals surface area contributed by atoms with Gasteiger partial charge in [-0.15, -0.1) is 0 Å². The summed E-state index contributed by atoms with van der Waals surface area (Å²) in [6.45, 7) is 3.80. The van der Waals surface area contributed by atoms with Crippen LogP contribution in [0.3, 0.4) is 0 Å². The fourth-order valence-electron chi connectivity index (χ4n) is 4.23. The number of hydrogen-bond acceptors (Lipinski definition) is 6. The average Bonchev–Trinajstić information content (AvgIpc) is 2.92. The van der Waals surface area contributed by atoms with Crippen molar-refractivity contribution in [1.82, 2.24) is 9.21 Å². The van der Waals surface area contributed by atoms with E-state index in [1.165, 1.54) is 28.4 Å². The van der Waals surface area contributed by atoms with Gasteiger partial charge in [0.2, 0.25) is 15.9 Å². The molecule has 0 unspecified atom stereocenters. The van der Waals surface area contributed by atoms with Gasteiger partial charge in [0.05, 0.1) is 22.6 Å². The average molecular weight is 558 g/mol. The van der Waals surface area contributed by atoms with Gasteiger partial charge in [-0.1, -0.05) is 47.5 Å². The molecule has 0 N–H and O–H groups in total. The predicted octanol–water partition coefficient (Wildman–Crippen LogP) is 3.04. The van der Waals surface area contributed by atoms with Crippen LogP contribution in [0.1, 0.15) is 11.1 Å². The summed E-state index contributed by atoms with van der Waals surface area (Å²) in [6.07, 6.45) is 0. The number of rotatable bonds is 8. The highest BCUT2D eigenvalue weighted by atomic mass is 32.2. The van der Waals surface area contributed by atoms with E-state index >= 15 is 0 Å². The largest absolute Gasteiger partial charge is 0.495 e. The Hall–Kier alpha value is -3.41. The molecule has 1 aliphatic heterocycles. The number of benzene rings is 3. The lowest BCUT2D eigenvalue weighted by atomic mass is 10.2. The maximum Gasteiger partial charge on any atom is 0.264 e. The molecule has 1 heterocycles. The van der Waals surface area contributed by atoms with Crippen molar-refractivity contribution >= 4 is 31.6 Å². The number of nitrogens with zero attached hydrogens (tertiary/aromatic N) is 3. The molecule has 0 saturated carbocycles. The summed E-state index contributed by atoms with van der Waals surface area (Å²) < 4.78 is 61.3. The summed E-state index contributed by atoms with van der Waals surface area (Å²) >= 11 is 0. The zero-order chi connectivity index (χ0) is 27.5. The van der Waals surface area contributed by atoms with Gasteiger partial charge in [0, 0.05) is 26.2 Å². The molecule has 3 aromatic rings. The number of aryl methyl sites for hydroxylation is 2. The first-order valence-corrected chi connectivity index (χ1v) is 15.0. The van der Waals surface area contributed by atoms with E-state index in [0.29, 0.717) is 5.75 Å². The van der Waals surface area contributed by atoms with E-state index in [4.69, 9.17) is 4.74 Å². The molecule has 1 saturated heterocycles. The predicted molar refractivity (Wildman–Crippen MR) is 145 cm³/mol. The van der Waals surface area contributed by atoms with Gasteiger partial charge in [0.1, 0.15) is 12.3 Å². The Morgan fingerprint density at radius 1 is 0.789 bits per heavy atom. The topological polar surface area (TPSA) is 104 Å². The highest BCUT2D eigenvalue weighted by Crippen LogP contribution is 2.32. The number of ether oxygens (including phenoxy) is 1. The molecule has 0 spiro atoms. The molecule has 202 valence electrons. The molecule has 0 aliphatic carbocycles. The smallest absolute Gasteiger partial charge is 0.264 e. The molecule has 0 atom stereocenters. The summed E-state index contributed by atoms with van der Waals surface area (Å²) in [6, 6.07) is 19.7. The molecule has 1 amide bonds. The molecular weight excluding hydrogens is 526 g/mol. The highest BCUT2D eigenvalue weighted by Gasteiger charge is 2.34. The molecule has 0 aromatic heterocycles. The zero-order valence-corrected chi connectivity index (χ0v) is 23.2. The van der Waals surface area contributed by atoms with Crippen molar-refractivity contribution in [3.63, 3.8) is 0 Å². The van der Waals surface area contributed by atoms with Gasteiger partial charge in [0.25, 0.3) is 10.0 Å².